The lowest BCUT2D eigenvalue weighted by atomic mass is 10.2. The van der Waals surface area contributed by atoms with E-state index >= 15 is 0 Å². The van der Waals surface area contributed by atoms with Crippen LogP contribution in [0.15, 0.2) is 28.9 Å². The Hall–Kier alpha value is -3.31. The van der Waals surface area contributed by atoms with Crippen LogP contribution in [0.4, 0.5) is 29.5 Å². The minimum Gasteiger partial charge on any atom is -0.379 e. The molecule has 0 aliphatic carbocycles. The summed E-state index contributed by atoms with van der Waals surface area (Å²) in [5, 5.41) is 9.40. The van der Waals surface area contributed by atoms with Crippen LogP contribution in [0.3, 0.4) is 0 Å². The maximum absolute atomic E-state index is 12.6. The largest absolute Gasteiger partial charge is 0.416 e. The molecule has 28 heavy (non-hydrogen) atoms. The van der Waals surface area contributed by atoms with Gasteiger partial charge in [-0.15, -0.1) is 0 Å². The second-order valence-corrected chi connectivity index (χ2v) is 6.14. The molecule has 3 amide bonds. The number of rotatable bonds is 2. The summed E-state index contributed by atoms with van der Waals surface area (Å²) in [6, 6.07) is 3.71. The van der Waals surface area contributed by atoms with E-state index in [1.807, 2.05) is 0 Å². The summed E-state index contributed by atoms with van der Waals surface area (Å²) in [7, 11) is 0. The molecule has 9 nitrogen and oxygen atoms in total. The number of aromatic nitrogens is 2. The van der Waals surface area contributed by atoms with E-state index in [1.165, 1.54) is 21.9 Å². The van der Waals surface area contributed by atoms with Gasteiger partial charge < -0.3 is 20.9 Å². The van der Waals surface area contributed by atoms with E-state index in [2.05, 4.69) is 20.3 Å². The van der Waals surface area contributed by atoms with Crippen molar-refractivity contribution < 1.29 is 27.4 Å². The maximum atomic E-state index is 12.6. The molecule has 12 heteroatoms. The van der Waals surface area contributed by atoms with Crippen molar-refractivity contribution in [3.05, 3.63) is 35.5 Å². The maximum Gasteiger partial charge on any atom is 0.416 e. The molecule has 0 spiro atoms. The fraction of sp³-hybridized carbons (Fsp3) is 0.375. The Morgan fingerprint density at radius 3 is 2.29 bits per heavy atom. The van der Waals surface area contributed by atoms with E-state index in [1.54, 1.807) is 0 Å². The van der Waals surface area contributed by atoms with Crippen LogP contribution < -0.4 is 11.1 Å². The summed E-state index contributed by atoms with van der Waals surface area (Å²) in [4.78, 5) is 27.7. The molecular weight excluding hydrogens is 381 g/mol. The van der Waals surface area contributed by atoms with Crippen LogP contribution in [0, 0.1) is 0 Å². The summed E-state index contributed by atoms with van der Waals surface area (Å²) >= 11 is 0. The zero-order chi connectivity index (χ0) is 20.3. The number of alkyl halides is 3. The quantitative estimate of drug-likeness (QED) is 0.800. The topological polar surface area (TPSA) is 118 Å². The zero-order valence-electron chi connectivity index (χ0n) is 14.6. The molecule has 150 valence electrons. The first-order valence-electron chi connectivity index (χ1n) is 8.36. The van der Waals surface area contributed by atoms with E-state index in [-0.39, 0.29) is 30.3 Å². The number of hydrogen-bond donors (Lipinski definition) is 2. The van der Waals surface area contributed by atoms with Gasteiger partial charge in [-0.25, -0.2) is 9.42 Å². The molecule has 0 unspecified atom stereocenters. The smallest absolute Gasteiger partial charge is 0.379 e. The van der Waals surface area contributed by atoms with E-state index in [0.717, 1.165) is 12.1 Å². The molecule has 1 saturated heterocycles. The highest BCUT2D eigenvalue weighted by Crippen LogP contribution is 2.29. The van der Waals surface area contributed by atoms with Gasteiger partial charge in [0.05, 0.1) is 5.56 Å². The molecule has 2 aromatic rings. The Bertz CT molecular complexity index is 852. The van der Waals surface area contributed by atoms with Crippen LogP contribution in [0.2, 0.25) is 0 Å². The molecule has 1 aliphatic rings. The minimum atomic E-state index is -4.44. The Labute approximate surface area is 157 Å². The van der Waals surface area contributed by atoms with Crippen molar-refractivity contribution >= 4 is 23.4 Å². The number of hydrogen-bond acceptors (Lipinski definition) is 6. The number of anilines is 2. The number of carbonyl (C=O) groups excluding carboxylic acids is 2. The number of carbonyl (C=O) groups is 2. The molecule has 0 bridgehead atoms. The van der Waals surface area contributed by atoms with Crippen LogP contribution in [0.25, 0.3) is 0 Å². The van der Waals surface area contributed by atoms with Crippen molar-refractivity contribution in [2.45, 2.75) is 12.6 Å². The zero-order valence-corrected chi connectivity index (χ0v) is 14.6. The standard InChI is InChI=1S/C16H17F3N6O3/c17-16(18,19)10-2-4-11(5-3-10)21-15(27)25-7-1-6-24(8-9-25)14(26)12-13(20)23-28-22-12/h2-5H,1,6-9H2,(H2,20,23)(H,21,27). The molecule has 3 rings (SSSR count). The third-order valence-electron chi connectivity index (χ3n) is 4.25. The first-order chi connectivity index (χ1) is 13.3. The Kier molecular flexibility index (Phi) is 5.38. The SMILES string of the molecule is Nc1nonc1C(=O)N1CCCN(C(=O)Nc2ccc(C(F)(F)F)cc2)CC1. The Morgan fingerprint density at radius 1 is 1.04 bits per heavy atom. The van der Waals surface area contributed by atoms with Crippen molar-refractivity contribution in [1.29, 1.82) is 0 Å². The highest BCUT2D eigenvalue weighted by atomic mass is 19.4. The average molecular weight is 398 g/mol. The number of nitrogen functional groups attached to an aromatic ring is 1. The lowest BCUT2D eigenvalue weighted by Crippen LogP contribution is -2.39. The van der Waals surface area contributed by atoms with Crippen LogP contribution >= 0.6 is 0 Å². The van der Waals surface area contributed by atoms with Crippen molar-refractivity contribution in [1.82, 2.24) is 20.1 Å². The highest BCUT2D eigenvalue weighted by molar-refractivity contribution is 5.96. The van der Waals surface area contributed by atoms with Gasteiger partial charge in [0.1, 0.15) is 0 Å². The Morgan fingerprint density at radius 2 is 1.68 bits per heavy atom. The van der Waals surface area contributed by atoms with E-state index in [0.29, 0.717) is 19.5 Å². The van der Waals surface area contributed by atoms with Gasteiger partial charge in [-0.05, 0) is 41.0 Å². The fourth-order valence-corrected chi connectivity index (χ4v) is 2.76. The second-order valence-electron chi connectivity index (χ2n) is 6.14. The number of benzene rings is 1. The van der Waals surface area contributed by atoms with Crippen molar-refractivity contribution in [3.63, 3.8) is 0 Å². The van der Waals surface area contributed by atoms with Gasteiger partial charge in [-0.2, -0.15) is 13.2 Å². The monoisotopic (exact) mass is 398 g/mol. The average Bonchev–Trinajstić information content (AvgIpc) is 2.92. The molecule has 2 heterocycles. The van der Waals surface area contributed by atoms with Gasteiger partial charge in [-0.1, -0.05) is 0 Å². The van der Waals surface area contributed by atoms with E-state index in [9.17, 15) is 22.8 Å². The van der Waals surface area contributed by atoms with Crippen molar-refractivity contribution in [2.24, 2.45) is 0 Å². The first kappa shape index (κ1) is 19.5. The molecule has 3 N–H and O–H groups in total. The van der Waals surface area contributed by atoms with Gasteiger partial charge in [0, 0.05) is 31.9 Å². The number of nitrogens with two attached hydrogens (primary N) is 1. The molecule has 1 fully saturated rings. The van der Waals surface area contributed by atoms with Gasteiger partial charge in [0.2, 0.25) is 11.5 Å². The summed E-state index contributed by atoms with van der Waals surface area (Å²) in [5.74, 6) is -0.546. The number of halogens is 3. The van der Waals surface area contributed by atoms with E-state index in [4.69, 9.17) is 5.73 Å². The highest BCUT2D eigenvalue weighted by Gasteiger charge is 2.30. The lowest BCUT2D eigenvalue weighted by molar-refractivity contribution is -0.137. The van der Waals surface area contributed by atoms with Gasteiger partial charge >= 0.3 is 12.2 Å². The third kappa shape index (κ3) is 4.32. The molecular formula is C16H17F3N6O3. The molecule has 0 saturated carbocycles. The van der Waals surface area contributed by atoms with Crippen molar-refractivity contribution in [3.8, 4) is 0 Å². The molecule has 1 aliphatic heterocycles. The van der Waals surface area contributed by atoms with Gasteiger partial charge in [0.15, 0.2) is 0 Å². The fourth-order valence-electron chi connectivity index (χ4n) is 2.76. The van der Waals surface area contributed by atoms with Crippen LogP contribution in [-0.2, 0) is 6.18 Å². The number of nitrogens with one attached hydrogen (secondary N) is 1. The normalized spacial score (nSPS) is 15.2. The first-order valence-corrected chi connectivity index (χ1v) is 8.36. The lowest BCUT2D eigenvalue weighted by Gasteiger charge is -2.22. The molecule has 0 atom stereocenters. The number of nitrogens with zero attached hydrogens (tertiary/aromatic N) is 4. The minimum absolute atomic E-state index is 0.0809. The summed E-state index contributed by atoms with van der Waals surface area (Å²) in [6.07, 6.45) is -3.93. The van der Waals surface area contributed by atoms with Crippen LogP contribution in [-0.4, -0.2) is 58.2 Å². The van der Waals surface area contributed by atoms with Crippen molar-refractivity contribution in [2.75, 3.05) is 37.2 Å². The number of urea groups is 1. The van der Waals surface area contributed by atoms with Crippen LogP contribution in [0.5, 0.6) is 0 Å². The predicted molar refractivity (Wildman–Crippen MR) is 91.3 cm³/mol. The van der Waals surface area contributed by atoms with Gasteiger partial charge in [-0.3, -0.25) is 4.79 Å². The summed E-state index contributed by atoms with van der Waals surface area (Å²) in [5.41, 5.74) is 4.90. The van der Waals surface area contributed by atoms with E-state index < -0.39 is 23.7 Å². The molecule has 1 aromatic heterocycles. The summed E-state index contributed by atoms with van der Waals surface area (Å²) in [6.45, 7) is 1.24. The van der Waals surface area contributed by atoms with Crippen LogP contribution in [0.1, 0.15) is 22.5 Å². The predicted octanol–water partition coefficient (Wildman–Crippen LogP) is 2.05. The number of amides is 3. The van der Waals surface area contributed by atoms with Gasteiger partial charge in [0.25, 0.3) is 5.91 Å². The molecule has 0 radical (unpaired) electrons. The second kappa shape index (κ2) is 7.74. The molecule has 1 aromatic carbocycles. The summed E-state index contributed by atoms with van der Waals surface area (Å²) < 4.78 is 42.2. The third-order valence-corrected chi connectivity index (χ3v) is 4.25. The Balaban J connectivity index is 1.58.